The number of hydrogen-bond donors (Lipinski definition) is 1. The lowest BCUT2D eigenvalue weighted by Gasteiger charge is -2.38. The van der Waals surface area contributed by atoms with Gasteiger partial charge in [0, 0.05) is 5.92 Å². The van der Waals surface area contributed by atoms with Crippen molar-refractivity contribution in [3.63, 3.8) is 0 Å². The molecule has 6 nitrogen and oxygen atoms in total. The van der Waals surface area contributed by atoms with Crippen molar-refractivity contribution in [2.45, 2.75) is 63.3 Å². The SMILES string of the molecule is CC1CCC(c2nnnn2C2(C(=O)O)CCC2)CC1. The van der Waals surface area contributed by atoms with E-state index in [2.05, 4.69) is 22.4 Å². The van der Waals surface area contributed by atoms with Crippen LogP contribution in [0.2, 0.25) is 0 Å². The Kier molecular flexibility index (Phi) is 3.03. The standard InChI is InChI=1S/C13H20N4O2/c1-9-3-5-10(6-4-9)11-14-15-16-17(11)13(12(18)19)7-2-8-13/h9-10H,2-8H2,1H3,(H,18,19). The molecule has 0 aromatic carbocycles. The first-order chi connectivity index (χ1) is 9.13. The topological polar surface area (TPSA) is 80.9 Å². The van der Waals surface area contributed by atoms with Crippen molar-refractivity contribution in [3.05, 3.63) is 5.82 Å². The highest BCUT2D eigenvalue weighted by atomic mass is 16.4. The van der Waals surface area contributed by atoms with Crippen molar-refractivity contribution in [1.29, 1.82) is 0 Å². The molecule has 1 aromatic rings. The molecule has 0 bridgehead atoms. The van der Waals surface area contributed by atoms with Gasteiger partial charge in [0.2, 0.25) is 0 Å². The van der Waals surface area contributed by atoms with E-state index in [4.69, 9.17) is 0 Å². The summed E-state index contributed by atoms with van der Waals surface area (Å²) in [5, 5.41) is 21.4. The third-order valence-electron chi connectivity index (χ3n) is 4.86. The van der Waals surface area contributed by atoms with Crippen molar-refractivity contribution < 1.29 is 9.90 Å². The normalized spacial score (nSPS) is 29.7. The van der Waals surface area contributed by atoms with Crippen molar-refractivity contribution in [2.75, 3.05) is 0 Å². The zero-order chi connectivity index (χ0) is 13.5. The predicted molar refractivity (Wildman–Crippen MR) is 67.7 cm³/mol. The second kappa shape index (κ2) is 4.58. The molecule has 0 spiro atoms. The second-order valence-corrected chi connectivity index (χ2v) is 6.10. The van der Waals surface area contributed by atoms with Gasteiger partial charge in [-0.1, -0.05) is 19.8 Å². The van der Waals surface area contributed by atoms with Crippen LogP contribution in [0.5, 0.6) is 0 Å². The van der Waals surface area contributed by atoms with Crippen molar-refractivity contribution in [1.82, 2.24) is 20.2 Å². The molecule has 0 saturated heterocycles. The van der Waals surface area contributed by atoms with Gasteiger partial charge in [-0.2, -0.15) is 0 Å². The van der Waals surface area contributed by atoms with Crippen LogP contribution in [0.4, 0.5) is 0 Å². The lowest BCUT2D eigenvalue weighted by atomic mass is 9.76. The van der Waals surface area contributed by atoms with Gasteiger partial charge in [-0.25, -0.2) is 9.48 Å². The van der Waals surface area contributed by atoms with Gasteiger partial charge in [-0.05, 0) is 48.4 Å². The first-order valence-electron chi connectivity index (χ1n) is 7.15. The van der Waals surface area contributed by atoms with Gasteiger partial charge >= 0.3 is 5.97 Å². The Balaban J connectivity index is 1.88. The number of aliphatic carboxylic acids is 1. The van der Waals surface area contributed by atoms with Crippen LogP contribution in [0.15, 0.2) is 0 Å². The lowest BCUT2D eigenvalue weighted by molar-refractivity contribution is -0.153. The molecule has 3 rings (SSSR count). The summed E-state index contributed by atoms with van der Waals surface area (Å²) in [5.41, 5.74) is -0.873. The van der Waals surface area contributed by atoms with Crippen LogP contribution in [0, 0.1) is 5.92 Å². The third kappa shape index (κ3) is 1.93. The number of rotatable bonds is 3. The van der Waals surface area contributed by atoms with E-state index in [0.717, 1.165) is 31.0 Å². The van der Waals surface area contributed by atoms with Gasteiger partial charge in [0.25, 0.3) is 0 Å². The van der Waals surface area contributed by atoms with Gasteiger partial charge in [-0.15, -0.1) is 5.10 Å². The summed E-state index contributed by atoms with van der Waals surface area (Å²) in [6.07, 6.45) is 6.71. The quantitative estimate of drug-likeness (QED) is 0.902. The Morgan fingerprint density at radius 2 is 2.00 bits per heavy atom. The van der Waals surface area contributed by atoms with E-state index in [1.54, 1.807) is 4.68 Å². The van der Waals surface area contributed by atoms with Crippen molar-refractivity contribution >= 4 is 5.97 Å². The summed E-state index contributed by atoms with van der Waals surface area (Å²) in [6.45, 7) is 2.27. The maximum atomic E-state index is 11.6. The van der Waals surface area contributed by atoms with Gasteiger partial charge in [-0.3, -0.25) is 0 Å². The van der Waals surface area contributed by atoms with E-state index in [1.165, 1.54) is 12.8 Å². The molecule has 2 fully saturated rings. The molecule has 0 amide bonds. The summed E-state index contributed by atoms with van der Waals surface area (Å²) in [4.78, 5) is 11.6. The third-order valence-corrected chi connectivity index (χ3v) is 4.86. The Labute approximate surface area is 112 Å². The predicted octanol–water partition coefficient (Wildman–Crippen LogP) is 1.93. The molecule has 1 heterocycles. The number of nitrogens with zero attached hydrogens (tertiary/aromatic N) is 4. The molecule has 104 valence electrons. The molecule has 19 heavy (non-hydrogen) atoms. The Hall–Kier alpha value is -1.46. The highest BCUT2D eigenvalue weighted by molar-refractivity contribution is 5.77. The minimum Gasteiger partial charge on any atom is -0.479 e. The zero-order valence-electron chi connectivity index (χ0n) is 11.2. The van der Waals surface area contributed by atoms with Crippen LogP contribution in [-0.4, -0.2) is 31.3 Å². The molecule has 2 aliphatic rings. The monoisotopic (exact) mass is 264 g/mol. The van der Waals surface area contributed by atoms with E-state index in [1.807, 2.05) is 0 Å². The average molecular weight is 264 g/mol. The molecule has 6 heteroatoms. The Bertz CT molecular complexity index is 473. The van der Waals surface area contributed by atoms with Crippen LogP contribution in [0.3, 0.4) is 0 Å². The van der Waals surface area contributed by atoms with Crippen LogP contribution in [0.1, 0.15) is 63.6 Å². The summed E-state index contributed by atoms with van der Waals surface area (Å²) >= 11 is 0. The van der Waals surface area contributed by atoms with E-state index in [9.17, 15) is 9.90 Å². The maximum absolute atomic E-state index is 11.6. The highest BCUT2D eigenvalue weighted by Crippen LogP contribution is 2.42. The molecular formula is C13H20N4O2. The summed E-state index contributed by atoms with van der Waals surface area (Å²) < 4.78 is 1.61. The largest absolute Gasteiger partial charge is 0.479 e. The second-order valence-electron chi connectivity index (χ2n) is 6.10. The van der Waals surface area contributed by atoms with E-state index in [-0.39, 0.29) is 0 Å². The van der Waals surface area contributed by atoms with E-state index < -0.39 is 11.5 Å². The number of carboxylic acids is 1. The minimum atomic E-state index is -0.873. The highest BCUT2D eigenvalue weighted by Gasteiger charge is 2.49. The minimum absolute atomic E-state index is 0.322. The molecule has 0 aliphatic heterocycles. The van der Waals surface area contributed by atoms with Gasteiger partial charge < -0.3 is 5.11 Å². The smallest absolute Gasteiger partial charge is 0.331 e. The van der Waals surface area contributed by atoms with Crippen LogP contribution in [-0.2, 0) is 10.3 Å². The van der Waals surface area contributed by atoms with Gasteiger partial charge in [0.1, 0.15) is 0 Å². The number of tetrazole rings is 1. The molecule has 1 aromatic heterocycles. The van der Waals surface area contributed by atoms with Crippen LogP contribution in [0.25, 0.3) is 0 Å². The molecule has 0 atom stereocenters. The number of carboxylic acid groups (broad SMARTS) is 1. The molecule has 0 unspecified atom stereocenters. The Morgan fingerprint density at radius 3 is 2.53 bits per heavy atom. The molecular weight excluding hydrogens is 244 g/mol. The number of aromatic nitrogens is 4. The van der Waals surface area contributed by atoms with Crippen molar-refractivity contribution in [2.24, 2.45) is 5.92 Å². The number of hydrogen-bond acceptors (Lipinski definition) is 4. The first kappa shape index (κ1) is 12.6. The van der Waals surface area contributed by atoms with Gasteiger partial charge in [0.15, 0.2) is 11.4 Å². The number of carbonyl (C=O) groups is 1. The van der Waals surface area contributed by atoms with Gasteiger partial charge in [0.05, 0.1) is 0 Å². The molecule has 2 aliphatic carbocycles. The molecule has 0 radical (unpaired) electrons. The Morgan fingerprint density at radius 1 is 1.32 bits per heavy atom. The fraction of sp³-hybridized carbons (Fsp3) is 0.846. The van der Waals surface area contributed by atoms with Crippen LogP contribution < -0.4 is 0 Å². The van der Waals surface area contributed by atoms with E-state index in [0.29, 0.717) is 18.8 Å². The maximum Gasteiger partial charge on any atom is 0.331 e. The molecule has 1 N–H and O–H groups in total. The summed E-state index contributed by atoms with van der Waals surface area (Å²) in [5.74, 6) is 1.08. The zero-order valence-corrected chi connectivity index (χ0v) is 11.2. The average Bonchev–Trinajstić information content (AvgIpc) is 2.77. The fourth-order valence-electron chi connectivity index (χ4n) is 3.30. The summed E-state index contributed by atoms with van der Waals surface area (Å²) in [6, 6.07) is 0. The fourth-order valence-corrected chi connectivity index (χ4v) is 3.30. The molecule has 2 saturated carbocycles. The summed E-state index contributed by atoms with van der Waals surface area (Å²) in [7, 11) is 0. The van der Waals surface area contributed by atoms with Crippen LogP contribution >= 0.6 is 0 Å². The lowest BCUT2D eigenvalue weighted by Crippen LogP contribution is -2.49. The van der Waals surface area contributed by atoms with Crippen molar-refractivity contribution in [3.8, 4) is 0 Å². The van der Waals surface area contributed by atoms with E-state index >= 15 is 0 Å². The first-order valence-corrected chi connectivity index (χ1v) is 7.15.